The third kappa shape index (κ3) is 11.6. The maximum absolute atomic E-state index is 12.6. The lowest BCUT2D eigenvalue weighted by atomic mass is 10.00. The van der Waals surface area contributed by atoms with Gasteiger partial charge in [-0.15, -0.1) is 0 Å². The Bertz CT molecular complexity index is 943. The highest BCUT2D eigenvalue weighted by Crippen LogP contribution is 2.32. The molecule has 38 heavy (non-hydrogen) atoms. The molecule has 1 aromatic rings. The number of aliphatic carboxylic acids is 1. The Labute approximate surface area is 226 Å². The third-order valence-corrected chi connectivity index (χ3v) is 5.77. The van der Waals surface area contributed by atoms with Gasteiger partial charge in [0.15, 0.2) is 11.5 Å². The van der Waals surface area contributed by atoms with E-state index in [2.05, 4.69) is 5.32 Å². The Kier molecular flexibility index (Phi) is 14.0. The zero-order chi connectivity index (χ0) is 28.9. The predicted molar refractivity (Wildman–Crippen MR) is 144 cm³/mol. The van der Waals surface area contributed by atoms with Crippen LogP contribution in [0.2, 0.25) is 0 Å². The summed E-state index contributed by atoms with van der Waals surface area (Å²) >= 11 is 0. The van der Waals surface area contributed by atoms with Gasteiger partial charge in [0.05, 0.1) is 0 Å². The Morgan fingerprint density at radius 1 is 0.868 bits per heavy atom. The maximum Gasteiger partial charge on any atom is 0.364 e. The van der Waals surface area contributed by atoms with Crippen LogP contribution in [-0.2, 0) is 30.3 Å². The fraction of sp³-hybridized carbons (Fsp3) is 0.655. The minimum atomic E-state index is -2.03. The van der Waals surface area contributed by atoms with E-state index >= 15 is 0 Å². The van der Waals surface area contributed by atoms with Crippen molar-refractivity contribution in [1.29, 1.82) is 0 Å². The van der Waals surface area contributed by atoms with E-state index in [9.17, 15) is 24.3 Å². The lowest BCUT2D eigenvalue weighted by Crippen LogP contribution is -2.59. The van der Waals surface area contributed by atoms with Gasteiger partial charge in [0.2, 0.25) is 0 Å². The molecule has 0 aliphatic rings. The van der Waals surface area contributed by atoms with Crippen molar-refractivity contribution in [1.82, 2.24) is 5.32 Å². The van der Waals surface area contributed by atoms with Gasteiger partial charge in [-0.3, -0.25) is 19.7 Å². The van der Waals surface area contributed by atoms with Gasteiger partial charge in [-0.05, 0) is 49.3 Å². The summed E-state index contributed by atoms with van der Waals surface area (Å²) < 4.78 is 16.6. The van der Waals surface area contributed by atoms with Crippen LogP contribution in [0.1, 0.15) is 99.0 Å². The first-order valence-corrected chi connectivity index (χ1v) is 13.6. The van der Waals surface area contributed by atoms with E-state index in [1.54, 1.807) is 13.0 Å². The van der Waals surface area contributed by atoms with Crippen molar-refractivity contribution in [3.05, 3.63) is 23.8 Å². The molecule has 0 aromatic heterocycles. The molecule has 2 atom stereocenters. The summed E-state index contributed by atoms with van der Waals surface area (Å²) in [7, 11) is 0. The van der Waals surface area contributed by atoms with Gasteiger partial charge in [0, 0.05) is 31.7 Å². The van der Waals surface area contributed by atoms with E-state index in [1.165, 1.54) is 12.1 Å². The number of hydrogen-bond donors (Lipinski definition) is 2. The van der Waals surface area contributed by atoms with Crippen LogP contribution in [0.3, 0.4) is 0 Å². The average Bonchev–Trinajstić information content (AvgIpc) is 2.79. The number of hydrogen-bond acceptors (Lipinski definition) is 8. The Hall–Kier alpha value is -2.94. The number of ether oxygens (including phenoxy) is 3. The second-order valence-electron chi connectivity index (χ2n) is 10.6. The number of benzene rings is 1. The van der Waals surface area contributed by atoms with E-state index in [1.807, 2.05) is 41.5 Å². The molecule has 0 saturated heterocycles. The predicted octanol–water partition coefficient (Wildman–Crippen LogP) is 5.42. The largest absolute Gasteiger partial charge is 0.477 e. The number of unbranched alkanes of at least 4 members (excludes halogenated alkanes) is 2. The summed E-state index contributed by atoms with van der Waals surface area (Å²) in [6.45, 7) is 13.2. The molecule has 0 fully saturated rings. The molecule has 2 N–H and O–H groups in total. The fourth-order valence-electron chi connectivity index (χ4n) is 3.67. The number of carboxylic acids is 1. The maximum atomic E-state index is 12.6. The molecule has 9 heteroatoms. The van der Waals surface area contributed by atoms with Crippen LogP contribution < -0.4 is 14.8 Å². The SMILES string of the molecule is CCCCCC(=O)O[C@](Cc1ccc(OC(=O)CC(C)C)c(OC(=O)CC(C)C)c1)(NC(C)CC)C(=O)O. The van der Waals surface area contributed by atoms with Gasteiger partial charge in [-0.2, -0.15) is 0 Å². The van der Waals surface area contributed by atoms with Gasteiger partial charge < -0.3 is 19.3 Å². The summed E-state index contributed by atoms with van der Waals surface area (Å²) in [6.07, 6.45) is 3.13. The zero-order valence-electron chi connectivity index (χ0n) is 23.9. The monoisotopic (exact) mass is 535 g/mol. The normalized spacial score (nSPS) is 13.6. The van der Waals surface area contributed by atoms with E-state index < -0.39 is 29.6 Å². The summed E-state index contributed by atoms with van der Waals surface area (Å²) in [4.78, 5) is 49.9. The number of carbonyl (C=O) groups excluding carboxylic acids is 3. The van der Waals surface area contributed by atoms with E-state index in [0.29, 0.717) is 18.4 Å². The molecule has 1 aromatic carbocycles. The first kappa shape index (κ1) is 33.1. The van der Waals surface area contributed by atoms with Gasteiger partial charge >= 0.3 is 23.9 Å². The number of carbonyl (C=O) groups is 4. The summed E-state index contributed by atoms with van der Waals surface area (Å²) in [5, 5.41) is 13.2. The Morgan fingerprint density at radius 2 is 1.45 bits per heavy atom. The quantitative estimate of drug-likeness (QED) is 0.116. The third-order valence-electron chi connectivity index (χ3n) is 5.77. The van der Waals surface area contributed by atoms with Crippen LogP contribution in [0.15, 0.2) is 18.2 Å². The Morgan fingerprint density at radius 3 is 1.95 bits per heavy atom. The first-order chi connectivity index (χ1) is 17.8. The molecule has 214 valence electrons. The second kappa shape index (κ2) is 16.1. The standard InChI is InChI=1S/C29H45NO8/c1-8-10-11-12-25(31)38-29(28(34)35,30-21(7)9-2)18-22-13-14-23(36-26(32)15-19(3)4)24(17-22)37-27(33)16-20(5)6/h13-14,17,19-21,30H,8-12,15-16,18H2,1-7H3,(H,34,35)/t21?,29-/m0/s1. The van der Waals surface area contributed by atoms with Crippen molar-refractivity contribution in [3.8, 4) is 11.5 Å². The number of carboxylic acid groups (broad SMARTS) is 1. The molecule has 0 aliphatic carbocycles. The van der Waals surface area contributed by atoms with Crippen LogP contribution in [0, 0.1) is 11.8 Å². The smallest absolute Gasteiger partial charge is 0.364 e. The van der Waals surface area contributed by atoms with Crippen molar-refractivity contribution >= 4 is 23.9 Å². The molecular formula is C29H45NO8. The van der Waals surface area contributed by atoms with Crippen LogP contribution in [0.4, 0.5) is 0 Å². The van der Waals surface area contributed by atoms with E-state index in [-0.39, 0.29) is 55.1 Å². The molecule has 0 spiro atoms. The van der Waals surface area contributed by atoms with E-state index in [0.717, 1.165) is 12.8 Å². The van der Waals surface area contributed by atoms with Crippen molar-refractivity contribution in [2.45, 2.75) is 112 Å². The first-order valence-electron chi connectivity index (χ1n) is 13.6. The highest BCUT2D eigenvalue weighted by molar-refractivity contribution is 5.82. The summed E-state index contributed by atoms with van der Waals surface area (Å²) in [5.41, 5.74) is -1.62. The molecule has 0 saturated carbocycles. The highest BCUT2D eigenvalue weighted by atomic mass is 16.6. The van der Waals surface area contributed by atoms with Gasteiger partial charge in [0.25, 0.3) is 5.72 Å². The minimum absolute atomic E-state index is 0.00218. The van der Waals surface area contributed by atoms with Gasteiger partial charge in [-0.25, -0.2) is 4.79 Å². The van der Waals surface area contributed by atoms with Gasteiger partial charge in [-0.1, -0.05) is 60.5 Å². The van der Waals surface area contributed by atoms with Crippen molar-refractivity contribution in [3.63, 3.8) is 0 Å². The zero-order valence-corrected chi connectivity index (χ0v) is 23.9. The second-order valence-corrected chi connectivity index (χ2v) is 10.6. The Balaban J connectivity index is 3.40. The highest BCUT2D eigenvalue weighted by Gasteiger charge is 2.44. The number of esters is 3. The molecule has 0 bridgehead atoms. The molecule has 1 unspecified atom stereocenters. The molecule has 9 nitrogen and oxygen atoms in total. The fourth-order valence-corrected chi connectivity index (χ4v) is 3.67. The average molecular weight is 536 g/mol. The lowest BCUT2D eigenvalue weighted by molar-refractivity contribution is -0.184. The number of nitrogens with one attached hydrogen (secondary N) is 1. The van der Waals surface area contributed by atoms with Crippen LogP contribution in [0.5, 0.6) is 11.5 Å². The minimum Gasteiger partial charge on any atom is -0.477 e. The molecule has 0 aliphatic heterocycles. The number of rotatable bonds is 17. The molecule has 0 heterocycles. The van der Waals surface area contributed by atoms with Gasteiger partial charge in [0.1, 0.15) is 0 Å². The van der Waals surface area contributed by atoms with Crippen LogP contribution in [-0.4, -0.2) is 40.8 Å². The van der Waals surface area contributed by atoms with Crippen LogP contribution >= 0.6 is 0 Å². The summed E-state index contributed by atoms with van der Waals surface area (Å²) in [5.74, 6) is -2.76. The van der Waals surface area contributed by atoms with Crippen molar-refractivity contribution < 1.29 is 38.5 Å². The molecule has 0 amide bonds. The molecule has 1 rings (SSSR count). The van der Waals surface area contributed by atoms with Crippen molar-refractivity contribution in [2.75, 3.05) is 0 Å². The topological polar surface area (TPSA) is 128 Å². The molecular weight excluding hydrogens is 490 g/mol. The summed E-state index contributed by atoms with van der Waals surface area (Å²) in [6, 6.07) is 4.22. The van der Waals surface area contributed by atoms with E-state index in [4.69, 9.17) is 14.2 Å². The van der Waals surface area contributed by atoms with Crippen LogP contribution in [0.25, 0.3) is 0 Å². The lowest BCUT2D eigenvalue weighted by Gasteiger charge is -2.33. The molecule has 0 radical (unpaired) electrons. The van der Waals surface area contributed by atoms with Crippen molar-refractivity contribution in [2.24, 2.45) is 11.8 Å².